The Bertz CT molecular complexity index is 390. The van der Waals surface area contributed by atoms with Crippen LogP contribution in [-0.2, 0) is 9.47 Å². The number of benzene rings is 1. The van der Waals surface area contributed by atoms with Crippen LogP contribution in [0.4, 0.5) is 0 Å². The Morgan fingerprint density at radius 3 is 2.78 bits per heavy atom. The highest BCUT2D eigenvalue weighted by Gasteiger charge is 2.41. The summed E-state index contributed by atoms with van der Waals surface area (Å²) in [6.07, 6.45) is 2.12. The van der Waals surface area contributed by atoms with Crippen LogP contribution in [0.15, 0.2) is 43.0 Å². The Morgan fingerprint density at radius 1 is 1.44 bits per heavy atom. The van der Waals surface area contributed by atoms with Crippen molar-refractivity contribution in [2.75, 3.05) is 13.2 Å². The quantitative estimate of drug-likeness (QED) is 0.833. The molecule has 3 atom stereocenters. The lowest BCUT2D eigenvalue weighted by atomic mass is 9.83. The fraction of sp³-hybridized carbons (Fsp3) is 0.467. The van der Waals surface area contributed by atoms with Crippen LogP contribution in [-0.4, -0.2) is 24.4 Å². The smallest absolute Gasteiger partial charge is 0.184 e. The van der Waals surface area contributed by atoms with Gasteiger partial charge >= 0.3 is 0 Å². The van der Waals surface area contributed by atoms with Gasteiger partial charge < -0.3 is 14.6 Å². The highest BCUT2D eigenvalue weighted by Crippen LogP contribution is 2.37. The molecule has 0 radical (unpaired) electrons. The topological polar surface area (TPSA) is 38.7 Å². The third kappa shape index (κ3) is 2.64. The molecular formula is C15H20O3. The molecule has 3 heteroatoms. The van der Waals surface area contributed by atoms with Gasteiger partial charge in [0.2, 0.25) is 0 Å². The van der Waals surface area contributed by atoms with Gasteiger partial charge in [-0.25, -0.2) is 0 Å². The van der Waals surface area contributed by atoms with Crippen molar-refractivity contribution in [1.82, 2.24) is 0 Å². The summed E-state index contributed by atoms with van der Waals surface area (Å²) in [5.74, 6) is 0. The second kappa shape index (κ2) is 5.65. The van der Waals surface area contributed by atoms with Gasteiger partial charge in [0.25, 0.3) is 0 Å². The van der Waals surface area contributed by atoms with Crippen molar-refractivity contribution in [1.29, 1.82) is 0 Å². The molecular weight excluding hydrogens is 228 g/mol. The molecule has 0 aromatic heterocycles. The molecule has 1 aromatic carbocycles. The van der Waals surface area contributed by atoms with E-state index in [4.69, 9.17) is 9.47 Å². The van der Waals surface area contributed by atoms with Gasteiger partial charge in [-0.2, -0.15) is 0 Å². The minimum Gasteiger partial charge on any atom is -0.396 e. The van der Waals surface area contributed by atoms with Crippen molar-refractivity contribution < 1.29 is 14.6 Å². The van der Waals surface area contributed by atoms with Gasteiger partial charge in [0.1, 0.15) is 0 Å². The van der Waals surface area contributed by atoms with Gasteiger partial charge in [0, 0.05) is 11.0 Å². The zero-order valence-corrected chi connectivity index (χ0v) is 10.7. The summed E-state index contributed by atoms with van der Waals surface area (Å²) in [5.41, 5.74) is 0.644. The molecule has 1 heterocycles. The van der Waals surface area contributed by atoms with Crippen molar-refractivity contribution in [3.05, 3.63) is 48.6 Å². The molecule has 1 saturated heterocycles. The third-order valence-corrected chi connectivity index (χ3v) is 3.44. The van der Waals surface area contributed by atoms with E-state index in [2.05, 4.69) is 6.58 Å². The van der Waals surface area contributed by atoms with E-state index in [1.165, 1.54) is 0 Å². The fourth-order valence-corrected chi connectivity index (χ4v) is 2.14. The second-order valence-electron chi connectivity index (χ2n) is 5.01. The van der Waals surface area contributed by atoms with Crippen LogP contribution in [0.3, 0.4) is 0 Å². The van der Waals surface area contributed by atoms with Gasteiger partial charge in [-0.15, -0.1) is 6.58 Å². The lowest BCUT2D eigenvalue weighted by molar-refractivity contribution is -0.273. The third-order valence-electron chi connectivity index (χ3n) is 3.44. The largest absolute Gasteiger partial charge is 0.396 e. The standard InChI is InChI=1S/C15H20O3/c1-3-7-13-15(2,10-16)11-17-14(18-13)12-8-5-4-6-9-12/h3-6,8-9,13-14,16H,1,7,10-11H2,2H3/t13-,14+,15-/m0/s1. The number of hydrogen-bond donors (Lipinski definition) is 1. The predicted molar refractivity (Wildman–Crippen MR) is 70.0 cm³/mol. The molecule has 0 amide bonds. The first kappa shape index (κ1) is 13.3. The fourth-order valence-electron chi connectivity index (χ4n) is 2.14. The van der Waals surface area contributed by atoms with E-state index in [1.54, 1.807) is 0 Å². The normalized spacial score (nSPS) is 32.1. The molecule has 2 rings (SSSR count). The van der Waals surface area contributed by atoms with Crippen LogP contribution in [0.5, 0.6) is 0 Å². The summed E-state index contributed by atoms with van der Waals surface area (Å²) in [4.78, 5) is 0. The summed E-state index contributed by atoms with van der Waals surface area (Å²) in [6.45, 7) is 6.26. The Kier molecular flexibility index (Phi) is 4.17. The van der Waals surface area contributed by atoms with Crippen LogP contribution in [0, 0.1) is 5.41 Å². The van der Waals surface area contributed by atoms with E-state index in [1.807, 2.05) is 43.3 Å². The number of ether oxygens (including phenoxy) is 2. The van der Waals surface area contributed by atoms with E-state index in [-0.39, 0.29) is 24.4 Å². The summed E-state index contributed by atoms with van der Waals surface area (Å²) in [7, 11) is 0. The van der Waals surface area contributed by atoms with Crippen LogP contribution < -0.4 is 0 Å². The van der Waals surface area contributed by atoms with E-state index in [0.717, 1.165) is 5.56 Å². The Morgan fingerprint density at radius 2 is 2.17 bits per heavy atom. The van der Waals surface area contributed by atoms with E-state index < -0.39 is 0 Å². The van der Waals surface area contributed by atoms with Crippen molar-refractivity contribution in [3.63, 3.8) is 0 Å². The maximum absolute atomic E-state index is 9.51. The Hall–Kier alpha value is -1.16. The molecule has 0 saturated carbocycles. The maximum Gasteiger partial charge on any atom is 0.184 e. The lowest BCUT2D eigenvalue weighted by Gasteiger charge is -2.43. The Balaban J connectivity index is 2.13. The van der Waals surface area contributed by atoms with Crippen molar-refractivity contribution in [2.45, 2.75) is 25.7 Å². The van der Waals surface area contributed by atoms with E-state index >= 15 is 0 Å². The maximum atomic E-state index is 9.51. The monoisotopic (exact) mass is 248 g/mol. The van der Waals surface area contributed by atoms with Crippen LogP contribution >= 0.6 is 0 Å². The molecule has 0 spiro atoms. The molecule has 0 aliphatic carbocycles. The SMILES string of the molecule is C=CC[C@@H]1O[C@H](c2ccccc2)OC[C@]1(C)CO. The number of rotatable bonds is 4. The van der Waals surface area contributed by atoms with Gasteiger partial charge in [-0.3, -0.25) is 0 Å². The molecule has 3 nitrogen and oxygen atoms in total. The highest BCUT2D eigenvalue weighted by molar-refractivity contribution is 5.16. The average molecular weight is 248 g/mol. The minimum absolute atomic E-state index is 0.0486. The van der Waals surface area contributed by atoms with Crippen molar-refractivity contribution >= 4 is 0 Å². The van der Waals surface area contributed by atoms with Gasteiger partial charge in [0.15, 0.2) is 6.29 Å². The zero-order chi connectivity index (χ0) is 13.0. The number of aliphatic hydroxyl groups excluding tert-OH is 1. The summed E-state index contributed by atoms with van der Waals surface area (Å²) < 4.78 is 11.7. The highest BCUT2D eigenvalue weighted by atomic mass is 16.7. The molecule has 0 unspecified atom stereocenters. The summed E-state index contributed by atoms with van der Waals surface area (Å²) >= 11 is 0. The average Bonchev–Trinajstić information content (AvgIpc) is 2.42. The van der Waals surface area contributed by atoms with E-state index in [0.29, 0.717) is 13.0 Å². The summed E-state index contributed by atoms with van der Waals surface area (Å²) in [5, 5.41) is 9.51. The molecule has 18 heavy (non-hydrogen) atoms. The molecule has 1 aromatic rings. The van der Waals surface area contributed by atoms with Crippen molar-refractivity contribution in [2.24, 2.45) is 5.41 Å². The van der Waals surface area contributed by atoms with Gasteiger partial charge in [-0.1, -0.05) is 43.3 Å². The van der Waals surface area contributed by atoms with Crippen LogP contribution in [0.2, 0.25) is 0 Å². The minimum atomic E-state index is -0.362. The molecule has 1 fully saturated rings. The zero-order valence-electron chi connectivity index (χ0n) is 10.7. The number of aliphatic hydroxyl groups is 1. The molecule has 1 aliphatic heterocycles. The second-order valence-corrected chi connectivity index (χ2v) is 5.01. The van der Waals surface area contributed by atoms with Gasteiger partial charge in [0.05, 0.1) is 19.3 Å². The Labute approximate surface area is 108 Å². The molecule has 1 aliphatic rings. The lowest BCUT2D eigenvalue weighted by Crippen LogP contribution is -2.46. The van der Waals surface area contributed by atoms with Crippen LogP contribution in [0.25, 0.3) is 0 Å². The van der Waals surface area contributed by atoms with Crippen molar-refractivity contribution in [3.8, 4) is 0 Å². The summed E-state index contributed by atoms with van der Waals surface area (Å²) in [6, 6.07) is 9.86. The van der Waals surface area contributed by atoms with E-state index in [9.17, 15) is 5.11 Å². The molecule has 98 valence electrons. The number of hydrogen-bond acceptors (Lipinski definition) is 3. The molecule has 1 N–H and O–H groups in total. The first-order valence-electron chi connectivity index (χ1n) is 6.23. The predicted octanol–water partition coefficient (Wildman–Crippen LogP) is 2.68. The first-order chi connectivity index (χ1) is 8.69. The molecule has 0 bridgehead atoms. The first-order valence-corrected chi connectivity index (χ1v) is 6.23. The van der Waals surface area contributed by atoms with Crippen LogP contribution in [0.1, 0.15) is 25.2 Å². The van der Waals surface area contributed by atoms with Gasteiger partial charge in [-0.05, 0) is 6.42 Å².